The van der Waals surface area contributed by atoms with Crippen LogP contribution in [0.15, 0.2) is 29.3 Å². The molecule has 0 aliphatic carbocycles. The zero-order valence-corrected chi connectivity index (χ0v) is 16.6. The van der Waals surface area contributed by atoms with Crippen LogP contribution < -0.4 is 15.4 Å². The maximum absolute atomic E-state index is 13.7. The summed E-state index contributed by atoms with van der Waals surface area (Å²) in [5.41, 5.74) is 1.10. The fourth-order valence-corrected chi connectivity index (χ4v) is 3.29. The monoisotopic (exact) mass is 378 g/mol. The minimum Gasteiger partial charge on any atom is -0.486 e. The molecule has 7 heteroatoms. The second-order valence-corrected chi connectivity index (χ2v) is 7.25. The summed E-state index contributed by atoms with van der Waals surface area (Å²) in [6.45, 7) is 7.42. The van der Waals surface area contributed by atoms with Gasteiger partial charge in [0.05, 0.1) is 17.2 Å². The fourth-order valence-electron chi connectivity index (χ4n) is 2.35. The molecule has 1 aromatic carbocycles. The van der Waals surface area contributed by atoms with E-state index in [1.165, 1.54) is 10.9 Å². The maximum atomic E-state index is 13.7. The van der Waals surface area contributed by atoms with Crippen LogP contribution in [-0.4, -0.2) is 37.2 Å². The molecule has 2 rings (SSSR count). The molecule has 142 valence electrons. The molecular weight excluding hydrogens is 351 g/mol. The van der Waals surface area contributed by atoms with Gasteiger partial charge in [0, 0.05) is 24.9 Å². The summed E-state index contributed by atoms with van der Waals surface area (Å²) in [5.74, 6) is 0.631. The van der Waals surface area contributed by atoms with Gasteiger partial charge >= 0.3 is 0 Å². The fraction of sp³-hybridized carbons (Fsp3) is 0.474. The number of thiazole rings is 1. The molecule has 0 aliphatic rings. The summed E-state index contributed by atoms with van der Waals surface area (Å²) in [4.78, 5) is 10.0. The second kappa shape index (κ2) is 10.1. The summed E-state index contributed by atoms with van der Waals surface area (Å²) in [6.07, 6.45) is 1.47. The van der Waals surface area contributed by atoms with Crippen molar-refractivity contribution in [2.75, 3.05) is 20.1 Å². The molecule has 1 unspecified atom stereocenters. The Bertz CT molecular complexity index is 713. The van der Waals surface area contributed by atoms with E-state index in [2.05, 4.69) is 27.5 Å². The van der Waals surface area contributed by atoms with Crippen molar-refractivity contribution in [3.05, 3.63) is 45.7 Å². The third-order valence-corrected chi connectivity index (χ3v) is 5.14. The van der Waals surface area contributed by atoms with Gasteiger partial charge in [0.25, 0.3) is 0 Å². The summed E-state index contributed by atoms with van der Waals surface area (Å²) in [7, 11) is 1.73. The van der Waals surface area contributed by atoms with Gasteiger partial charge in [0.15, 0.2) is 17.5 Å². The highest BCUT2D eigenvalue weighted by atomic mass is 32.1. The largest absolute Gasteiger partial charge is 0.486 e. The van der Waals surface area contributed by atoms with Crippen LogP contribution in [0.3, 0.4) is 0 Å². The number of aromatic nitrogens is 1. The van der Waals surface area contributed by atoms with Crippen LogP contribution in [0.4, 0.5) is 4.39 Å². The summed E-state index contributed by atoms with van der Waals surface area (Å²) in [6, 6.07) is 6.46. The van der Waals surface area contributed by atoms with E-state index in [1.807, 2.05) is 13.8 Å². The van der Waals surface area contributed by atoms with Gasteiger partial charge in [-0.3, -0.25) is 4.99 Å². The minimum absolute atomic E-state index is 0.144. The summed E-state index contributed by atoms with van der Waals surface area (Å²) >= 11 is 1.73. The number of nitrogens with one attached hydrogen (secondary N) is 2. The Morgan fingerprint density at radius 3 is 2.69 bits per heavy atom. The topological polar surface area (TPSA) is 58.5 Å². The van der Waals surface area contributed by atoms with Crippen LogP contribution in [0.1, 0.15) is 28.9 Å². The van der Waals surface area contributed by atoms with Crippen LogP contribution in [0.5, 0.6) is 5.75 Å². The smallest absolute Gasteiger partial charge is 0.191 e. The van der Waals surface area contributed by atoms with E-state index in [-0.39, 0.29) is 17.7 Å². The lowest BCUT2D eigenvalue weighted by Gasteiger charge is -2.20. The van der Waals surface area contributed by atoms with Gasteiger partial charge in [-0.15, -0.1) is 11.3 Å². The third-order valence-electron chi connectivity index (χ3n) is 4.01. The van der Waals surface area contributed by atoms with Crippen molar-refractivity contribution in [3.63, 3.8) is 0 Å². The standard InChI is InChI=1S/C19H27FN4OS/c1-5-15(25-17-9-7-6-8-16(17)20)12-23-19(21-4)22-11-10-18-24-13(2)14(3)26-18/h6-9,15H,5,10-12H2,1-4H3,(H2,21,22,23). The van der Waals surface area contributed by atoms with E-state index in [4.69, 9.17) is 4.74 Å². The quantitative estimate of drug-likeness (QED) is 0.546. The Morgan fingerprint density at radius 2 is 2.08 bits per heavy atom. The van der Waals surface area contributed by atoms with Crippen molar-refractivity contribution < 1.29 is 9.13 Å². The molecule has 0 saturated heterocycles. The zero-order valence-electron chi connectivity index (χ0n) is 15.8. The van der Waals surface area contributed by atoms with E-state index in [1.54, 1.807) is 36.6 Å². The number of benzene rings is 1. The molecule has 0 aliphatic heterocycles. The van der Waals surface area contributed by atoms with E-state index < -0.39 is 0 Å². The summed E-state index contributed by atoms with van der Waals surface area (Å²) in [5, 5.41) is 7.64. The molecule has 2 aromatic rings. The van der Waals surface area contributed by atoms with Crippen LogP contribution >= 0.6 is 11.3 Å². The van der Waals surface area contributed by atoms with Crippen molar-refractivity contribution in [1.82, 2.24) is 15.6 Å². The lowest BCUT2D eigenvalue weighted by molar-refractivity contribution is 0.191. The molecule has 0 fully saturated rings. The Balaban J connectivity index is 1.78. The Morgan fingerprint density at radius 1 is 1.31 bits per heavy atom. The molecule has 0 radical (unpaired) electrons. The molecule has 0 saturated carbocycles. The van der Waals surface area contributed by atoms with Crippen LogP contribution in [-0.2, 0) is 6.42 Å². The predicted molar refractivity (Wildman–Crippen MR) is 106 cm³/mol. The number of halogens is 1. The van der Waals surface area contributed by atoms with Crippen molar-refractivity contribution >= 4 is 17.3 Å². The number of guanidine groups is 1. The summed E-state index contributed by atoms with van der Waals surface area (Å²) < 4.78 is 19.5. The molecule has 1 atom stereocenters. The number of aliphatic imine (C=N–C) groups is 1. The Kier molecular flexibility index (Phi) is 7.84. The van der Waals surface area contributed by atoms with Crippen LogP contribution in [0.2, 0.25) is 0 Å². The van der Waals surface area contributed by atoms with Crippen molar-refractivity contribution in [3.8, 4) is 5.75 Å². The predicted octanol–water partition coefficient (Wildman–Crippen LogP) is 3.46. The van der Waals surface area contributed by atoms with Gasteiger partial charge in [0.1, 0.15) is 6.10 Å². The molecule has 1 aromatic heterocycles. The highest BCUT2D eigenvalue weighted by molar-refractivity contribution is 7.11. The zero-order chi connectivity index (χ0) is 18.9. The molecule has 0 bridgehead atoms. The minimum atomic E-state index is -0.345. The molecule has 2 N–H and O–H groups in total. The van der Waals surface area contributed by atoms with Gasteiger partial charge < -0.3 is 15.4 Å². The number of hydrogen-bond acceptors (Lipinski definition) is 4. The van der Waals surface area contributed by atoms with Gasteiger partial charge in [-0.2, -0.15) is 0 Å². The Labute approximate surface area is 158 Å². The number of rotatable bonds is 8. The lowest BCUT2D eigenvalue weighted by Crippen LogP contribution is -2.43. The van der Waals surface area contributed by atoms with Gasteiger partial charge in [0.2, 0.25) is 0 Å². The average molecular weight is 379 g/mol. The van der Waals surface area contributed by atoms with Crippen molar-refractivity contribution in [2.24, 2.45) is 4.99 Å². The molecule has 0 spiro atoms. The Hall–Kier alpha value is -2.15. The van der Waals surface area contributed by atoms with E-state index in [9.17, 15) is 4.39 Å². The highest BCUT2D eigenvalue weighted by Crippen LogP contribution is 2.18. The van der Waals surface area contributed by atoms with Crippen molar-refractivity contribution in [2.45, 2.75) is 39.7 Å². The van der Waals surface area contributed by atoms with Crippen LogP contribution in [0, 0.1) is 19.7 Å². The number of para-hydroxylation sites is 1. The highest BCUT2D eigenvalue weighted by Gasteiger charge is 2.12. The van der Waals surface area contributed by atoms with Crippen molar-refractivity contribution in [1.29, 1.82) is 0 Å². The van der Waals surface area contributed by atoms with E-state index >= 15 is 0 Å². The van der Waals surface area contributed by atoms with Gasteiger partial charge in [-0.25, -0.2) is 9.37 Å². The first-order valence-electron chi connectivity index (χ1n) is 8.82. The molecule has 0 amide bonds. The first-order valence-corrected chi connectivity index (χ1v) is 9.63. The van der Waals surface area contributed by atoms with E-state index in [0.29, 0.717) is 12.5 Å². The SMILES string of the molecule is CCC(CNC(=NC)NCCc1nc(C)c(C)s1)Oc1ccccc1F. The molecule has 26 heavy (non-hydrogen) atoms. The first-order chi connectivity index (χ1) is 12.5. The van der Waals surface area contributed by atoms with Crippen LogP contribution in [0.25, 0.3) is 0 Å². The molecule has 5 nitrogen and oxygen atoms in total. The van der Waals surface area contributed by atoms with Gasteiger partial charge in [-0.1, -0.05) is 19.1 Å². The molecular formula is C19H27FN4OS. The number of aryl methyl sites for hydroxylation is 2. The normalized spacial score (nSPS) is 12.7. The van der Waals surface area contributed by atoms with Gasteiger partial charge in [-0.05, 0) is 32.4 Å². The second-order valence-electron chi connectivity index (χ2n) is 5.96. The number of hydrogen-bond donors (Lipinski definition) is 2. The number of nitrogens with zero attached hydrogens (tertiary/aromatic N) is 2. The maximum Gasteiger partial charge on any atom is 0.191 e. The van der Waals surface area contributed by atoms with E-state index in [0.717, 1.165) is 30.1 Å². The lowest BCUT2D eigenvalue weighted by atomic mass is 10.2. The third kappa shape index (κ3) is 5.98. The average Bonchev–Trinajstić information content (AvgIpc) is 2.96. The molecule has 1 heterocycles. The number of ether oxygens (including phenoxy) is 1. The first kappa shape index (κ1) is 20.2.